The number of benzene rings is 1. The number of carbonyl (C=O) groups excluding carboxylic acids is 1. The Balaban J connectivity index is 1.99. The molecule has 0 saturated carbocycles. The van der Waals surface area contributed by atoms with Gasteiger partial charge in [0.05, 0.1) is 28.6 Å². The van der Waals surface area contributed by atoms with Gasteiger partial charge in [-0.25, -0.2) is 0 Å². The minimum atomic E-state index is -4.45. The van der Waals surface area contributed by atoms with Crippen molar-refractivity contribution in [3.8, 4) is 5.75 Å². The van der Waals surface area contributed by atoms with Gasteiger partial charge in [0.15, 0.2) is 6.61 Å². The largest absolute Gasteiger partial charge is 0.484 e. The summed E-state index contributed by atoms with van der Waals surface area (Å²) in [6.45, 7) is -1.26. The first kappa shape index (κ1) is 18.2. The van der Waals surface area contributed by atoms with Crippen LogP contribution in [-0.4, -0.2) is 47.9 Å². The summed E-state index contributed by atoms with van der Waals surface area (Å²) in [6, 6.07) is 3.10. The molecule has 0 unspecified atom stereocenters. The van der Waals surface area contributed by atoms with Crippen molar-refractivity contribution in [3.05, 3.63) is 28.2 Å². The van der Waals surface area contributed by atoms with Gasteiger partial charge in [-0.05, 0) is 18.6 Å². The molecule has 23 heavy (non-hydrogen) atoms. The van der Waals surface area contributed by atoms with Crippen molar-refractivity contribution in [2.45, 2.75) is 18.6 Å². The van der Waals surface area contributed by atoms with Crippen LogP contribution in [0.15, 0.2) is 18.2 Å². The minimum Gasteiger partial charge on any atom is -0.484 e. The topological polar surface area (TPSA) is 49.8 Å². The fraction of sp³-hybridized carbons (Fsp3) is 0.500. The maximum atomic E-state index is 12.9. The molecule has 0 aliphatic carbocycles. The number of aliphatic hydroxyl groups excluding tert-OH is 1. The second-order valence-corrected chi connectivity index (χ2v) is 5.95. The zero-order chi connectivity index (χ0) is 17.2. The summed E-state index contributed by atoms with van der Waals surface area (Å²) < 4.78 is 43.8. The first-order valence-electron chi connectivity index (χ1n) is 6.79. The first-order valence-corrected chi connectivity index (χ1v) is 7.54. The van der Waals surface area contributed by atoms with Crippen LogP contribution >= 0.6 is 23.2 Å². The third kappa shape index (κ3) is 4.22. The molecule has 1 heterocycles. The lowest BCUT2D eigenvalue weighted by Gasteiger charge is -2.27. The number of hydrogen-bond acceptors (Lipinski definition) is 3. The van der Waals surface area contributed by atoms with Gasteiger partial charge >= 0.3 is 6.18 Å². The fourth-order valence-corrected chi connectivity index (χ4v) is 2.85. The molecular weight excluding hydrogens is 358 g/mol. The number of rotatable bonds is 4. The van der Waals surface area contributed by atoms with Crippen LogP contribution in [0.3, 0.4) is 0 Å². The number of aliphatic hydroxyl groups is 1. The molecule has 1 aliphatic heterocycles. The van der Waals surface area contributed by atoms with Crippen LogP contribution in [0.25, 0.3) is 0 Å². The van der Waals surface area contributed by atoms with E-state index in [1.807, 2.05) is 0 Å². The van der Waals surface area contributed by atoms with E-state index < -0.39 is 37.3 Å². The van der Waals surface area contributed by atoms with Crippen molar-refractivity contribution < 1.29 is 27.8 Å². The van der Waals surface area contributed by atoms with E-state index >= 15 is 0 Å². The van der Waals surface area contributed by atoms with Crippen molar-refractivity contribution in [1.29, 1.82) is 0 Å². The number of alkyl halides is 3. The Morgan fingerprint density at radius 2 is 2.04 bits per heavy atom. The summed E-state index contributed by atoms with van der Waals surface area (Å²) in [6.07, 6.45) is -4.68. The number of ether oxygens (including phenoxy) is 1. The number of likely N-dealkylation sites (tertiary alicyclic amines) is 1. The average molecular weight is 372 g/mol. The highest BCUT2D eigenvalue weighted by molar-refractivity contribution is 6.42. The molecule has 0 radical (unpaired) electrons. The van der Waals surface area contributed by atoms with Crippen molar-refractivity contribution in [2.75, 3.05) is 19.8 Å². The van der Waals surface area contributed by atoms with Gasteiger partial charge < -0.3 is 14.7 Å². The highest BCUT2D eigenvalue weighted by Crippen LogP contribution is 2.38. The summed E-state index contributed by atoms with van der Waals surface area (Å²) in [5.74, 6) is -2.07. The zero-order valence-corrected chi connectivity index (χ0v) is 13.3. The third-order valence-corrected chi connectivity index (χ3v) is 4.47. The molecule has 1 aromatic carbocycles. The molecule has 1 fully saturated rings. The Morgan fingerprint density at radius 3 is 2.61 bits per heavy atom. The van der Waals surface area contributed by atoms with Crippen LogP contribution < -0.4 is 4.74 Å². The number of halogens is 5. The van der Waals surface area contributed by atoms with E-state index in [0.717, 1.165) is 4.90 Å². The quantitative estimate of drug-likeness (QED) is 0.884. The molecule has 0 aromatic heterocycles. The number of amides is 1. The molecular formula is C14H14Cl2F3NO3. The van der Waals surface area contributed by atoms with Gasteiger partial charge in [0.25, 0.3) is 5.91 Å². The fourth-order valence-electron chi connectivity index (χ4n) is 2.57. The van der Waals surface area contributed by atoms with Gasteiger partial charge in [-0.2, -0.15) is 13.2 Å². The highest BCUT2D eigenvalue weighted by atomic mass is 35.5. The zero-order valence-electron chi connectivity index (χ0n) is 11.8. The molecule has 1 aliphatic rings. The van der Waals surface area contributed by atoms with Crippen LogP contribution in [0, 0.1) is 5.92 Å². The lowest BCUT2D eigenvalue weighted by atomic mass is 10.0. The maximum absolute atomic E-state index is 12.9. The average Bonchev–Trinajstić information content (AvgIpc) is 2.92. The second kappa shape index (κ2) is 7.15. The SMILES string of the molecule is O=C(COc1ccc(Cl)c(Cl)c1)N1CC[C@@H](C(F)(F)F)[C@@H]1CO. The predicted molar refractivity (Wildman–Crippen MR) is 78.7 cm³/mol. The van der Waals surface area contributed by atoms with Crippen LogP contribution in [0.2, 0.25) is 10.0 Å². The molecule has 4 nitrogen and oxygen atoms in total. The van der Waals surface area contributed by atoms with E-state index in [2.05, 4.69) is 0 Å². The lowest BCUT2D eigenvalue weighted by molar-refractivity contribution is -0.184. The second-order valence-electron chi connectivity index (χ2n) is 5.14. The van der Waals surface area contributed by atoms with Gasteiger partial charge in [0.1, 0.15) is 5.75 Å². The number of hydrogen-bond donors (Lipinski definition) is 1. The Bertz CT molecular complexity index is 583. The Morgan fingerprint density at radius 1 is 1.35 bits per heavy atom. The number of carbonyl (C=O) groups is 1. The molecule has 1 amide bonds. The molecule has 128 valence electrons. The summed E-state index contributed by atoms with van der Waals surface area (Å²) >= 11 is 11.6. The molecule has 0 bridgehead atoms. The molecule has 2 rings (SSSR count). The Labute approximate surface area is 140 Å². The predicted octanol–water partition coefficient (Wildman–Crippen LogP) is 3.14. The van der Waals surface area contributed by atoms with E-state index in [9.17, 15) is 23.1 Å². The van der Waals surface area contributed by atoms with E-state index in [1.165, 1.54) is 18.2 Å². The van der Waals surface area contributed by atoms with Gasteiger partial charge in [-0.15, -0.1) is 0 Å². The van der Waals surface area contributed by atoms with Crippen molar-refractivity contribution in [1.82, 2.24) is 4.90 Å². The van der Waals surface area contributed by atoms with Gasteiger partial charge in [-0.1, -0.05) is 23.2 Å². The molecule has 1 saturated heterocycles. The lowest BCUT2D eigenvalue weighted by Crippen LogP contribution is -2.45. The molecule has 0 spiro atoms. The standard InChI is InChI=1S/C14H14Cl2F3NO3/c15-10-2-1-8(5-11(10)16)23-7-13(22)20-4-3-9(12(20)6-21)14(17,18)19/h1-2,5,9,12,21H,3-4,6-7H2/t9-,12+/m1/s1. The van der Waals surface area contributed by atoms with Crippen LogP contribution in [0.1, 0.15) is 6.42 Å². The monoisotopic (exact) mass is 371 g/mol. The smallest absolute Gasteiger partial charge is 0.393 e. The van der Waals surface area contributed by atoms with Crippen LogP contribution in [0.4, 0.5) is 13.2 Å². The maximum Gasteiger partial charge on any atom is 0.393 e. The third-order valence-electron chi connectivity index (χ3n) is 3.73. The van der Waals surface area contributed by atoms with Gasteiger partial charge in [-0.3, -0.25) is 4.79 Å². The summed E-state index contributed by atoms with van der Waals surface area (Å²) in [7, 11) is 0. The summed E-state index contributed by atoms with van der Waals surface area (Å²) in [5, 5.41) is 9.76. The highest BCUT2D eigenvalue weighted by Gasteiger charge is 2.51. The molecule has 2 atom stereocenters. The van der Waals surface area contributed by atoms with E-state index in [4.69, 9.17) is 27.9 Å². The van der Waals surface area contributed by atoms with Crippen LogP contribution in [0.5, 0.6) is 5.75 Å². The minimum absolute atomic E-state index is 0.0705. The molecule has 1 N–H and O–H groups in total. The normalized spacial score (nSPS) is 21.6. The van der Waals surface area contributed by atoms with Gasteiger partial charge in [0, 0.05) is 12.6 Å². The molecule has 9 heteroatoms. The van der Waals surface area contributed by atoms with Crippen LogP contribution in [-0.2, 0) is 4.79 Å². The van der Waals surface area contributed by atoms with E-state index in [-0.39, 0.29) is 23.7 Å². The summed E-state index contributed by atoms with van der Waals surface area (Å²) in [5.41, 5.74) is 0. The van der Waals surface area contributed by atoms with E-state index in [0.29, 0.717) is 5.02 Å². The Kier molecular flexibility index (Phi) is 5.65. The van der Waals surface area contributed by atoms with Crippen molar-refractivity contribution in [3.63, 3.8) is 0 Å². The van der Waals surface area contributed by atoms with E-state index in [1.54, 1.807) is 0 Å². The van der Waals surface area contributed by atoms with Crippen molar-refractivity contribution >= 4 is 29.1 Å². The number of nitrogens with zero attached hydrogens (tertiary/aromatic N) is 1. The van der Waals surface area contributed by atoms with Crippen molar-refractivity contribution in [2.24, 2.45) is 5.92 Å². The Hall–Kier alpha value is -1.18. The first-order chi connectivity index (χ1) is 10.7. The van der Waals surface area contributed by atoms with Gasteiger partial charge in [0.2, 0.25) is 0 Å². The molecule has 1 aromatic rings. The summed E-state index contributed by atoms with van der Waals surface area (Å²) in [4.78, 5) is 13.1.